The van der Waals surface area contributed by atoms with Gasteiger partial charge in [0.1, 0.15) is 11.6 Å². The number of hydrogen-bond donors (Lipinski definition) is 1. The molecule has 0 saturated heterocycles. The predicted octanol–water partition coefficient (Wildman–Crippen LogP) is 4.36. The Balaban J connectivity index is 1.63. The highest BCUT2D eigenvalue weighted by molar-refractivity contribution is 7.92. The first-order valence-electron chi connectivity index (χ1n) is 9.26. The second-order valence-electron chi connectivity index (χ2n) is 7.09. The minimum absolute atomic E-state index is 0.136. The van der Waals surface area contributed by atoms with Crippen LogP contribution in [-0.2, 0) is 16.4 Å². The molecule has 1 atom stereocenters. The van der Waals surface area contributed by atoms with E-state index in [0.29, 0.717) is 23.7 Å². The summed E-state index contributed by atoms with van der Waals surface area (Å²) in [5, 5.41) is 2.41. The molecule has 3 aromatic carbocycles. The fraction of sp³-hybridized carbons (Fsp3) is 0.136. The first-order chi connectivity index (χ1) is 14.3. The maximum Gasteiger partial charge on any atom is 0.264 e. The summed E-state index contributed by atoms with van der Waals surface area (Å²) in [4.78, 5) is 12.7. The zero-order valence-corrected chi connectivity index (χ0v) is 16.8. The summed E-state index contributed by atoms with van der Waals surface area (Å²) in [5.41, 5.74) is 1.33. The largest absolute Gasteiger partial charge is 0.319 e. The van der Waals surface area contributed by atoms with E-state index in [-0.39, 0.29) is 22.2 Å². The third-order valence-electron chi connectivity index (χ3n) is 4.97. The Morgan fingerprint density at radius 3 is 2.47 bits per heavy atom. The molecule has 0 aliphatic carbocycles. The van der Waals surface area contributed by atoms with Gasteiger partial charge in [-0.25, -0.2) is 17.2 Å². The van der Waals surface area contributed by atoms with E-state index in [1.165, 1.54) is 10.4 Å². The summed E-state index contributed by atoms with van der Waals surface area (Å²) in [7, 11) is -3.74. The maximum absolute atomic E-state index is 13.8. The topological polar surface area (TPSA) is 66.5 Å². The van der Waals surface area contributed by atoms with E-state index in [4.69, 9.17) is 0 Å². The van der Waals surface area contributed by atoms with Crippen molar-refractivity contribution in [3.8, 4) is 0 Å². The van der Waals surface area contributed by atoms with Crippen molar-refractivity contribution < 1.29 is 22.0 Å². The second-order valence-corrected chi connectivity index (χ2v) is 8.90. The van der Waals surface area contributed by atoms with Gasteiger partial charge in [-0.3, -0.25) is 9.10 Å². The molecule has 1 N–H and O–H groups in total. The number of carbonyl (C=O) groups excluding carboxylic acids is 1. The molecule has 0 radical (unpaired) electrons. The lowest BCUT2D eigenvalue weighted by atomic mass is 10.1. The minimum atomic E-state index is -3.74. The summed E-state index contributed by atoms with van der Waals surface area (Å²) in [6.07, 6.45) is 0.438. The molecule has 8 heteroatoms. The summed E-state index contributed by atoms with van der Waals surface area (Å²) in [6, 6.07) is 15.4. The van der Waals surface area contributed by atoms with Gasteiger partial charge in [-0.05, 0) is 61.4 Å². The van der Waals surface area contributed by atoms with Crippen LogP contribution >= 0.6 is 0 Å². The third-order valence-corrected chi connectivity index (χ3v) is 6.92. The van der Waals surface area contributed by atoms with Crippen LogP contribution in [-0.4, -0.2) is 20.4 Å². The highest BCUT2D eigenvalue weighted by Crippen LogP contribution is 2.37. The highest BCUT2D eigenvalue weighted by atomic mass is 32.2. The number of halogens is 2. The average molecular weight is 428 g/mol. The Bertz CT molecular complexity index is 1230. The molecule has 4 rings (SSSR count). The van der Waals surface area contributed by atoms with Crippen molar-refractivity contribution in [1.29, 1.82) is 0 Å². The van der Waals surface area contributed by atoms with Crippen LogP contribution in [0.2, 0.25) is 0 Å². The Morgan fingerprint density at radius 2 is 1.77 bits per heavy atom. The first-order valence-corrected chi connectivity index (χ1v) is 10.7. The van der Waals surface area contributed by atoms with Crippen molar-refractivity contribution >= 4 is 27.3 Å². The molecule has 0 bridgehead atoms. The van der Waals surface area contributed by atoms with E-state index in [9.17, 15) is 22.0 Å². The number of nitrogens with zero attached hydrogens (tertiary/aromatic N) is 1. The Hall–Kier alpha value is -3.26. The summed E-state index contributed by atoms with van der Waals surface area (Å²) in [6.45, 7) is 1.80. The molecule has 0 aromatic heterocycles. The molecule has 30 heavy (non-hydrogen) atoms. The van der Waals surface area contributed by atoms with E-state index in [0.717, 1.165) is 12.1 Å². The SMILES string of the molecule is C[C@@H]1Cc2cc(C(=O)Nc3ccc(F)cc3F)ccc2N1S(=O)(=O)c1ccccc1. The number of nitrogens with one attached hydrogen (secondary N) is 1. The van der Waals surface area contributed by atoms with Gasteiger partial charge in [0.15, 0.2) is 0 Å². The molecule has 0 saturated carbocycles. The van der Waals surface area contributed by atoms with E-state index < -0.39 is 27.6 Å². The molecule has 0 unspecified atom stereocenters. The molecular weight excluding hydrogens is 410 g/mol. The van der Waals surface area contributed by atoms with Gasteiger partial charge in [-0.15, -0.1) is 0 Å². The van der Waals surface area contributed by atoms with E-state index in [1.807, 2.05) is 0 Å². The van der Waals surface area contributed by atoms with Crippen LogP contribution < -0.4 is 9.62 Å². The summed E-state index contributed by atoms with van der Waals surface area (Å²) < 4.78 is 54.4. The summed E-state index contributed by atoms with van der Waals surface area (Å²) >= 11 is 0. The van der Waals surface area contributed by atoms with Crippen LogP contribution in [0.4, 0.5) is 20.2 Å². The molecule has 1 aliphatic heterocycles. The minimum Gasteiger partial charge on any atom is -0.319 e. The van der Waals surface area contributed by atoms with Crippen LogP contribution in [0, 0.1) is 11.6 Å². The zero-order chi connectivity index (χ0) is 21.5. The van der Waals surface area contributed by atoms with Gasteiger partial charge in [0.05, 0.1) is 16.3 Å². The molecule has 0 spiro atoms. The number of hydrogen-bond acceptors (Lipinski definition) is 3. The van der Waals surface area contributed by atoms with Gasteiger partial charge in [-0.1, -0.05) is 18.2 Å². The molecule has 3 aromatic rings. The summed E-state index contributed by atoms with van der Waals surface area (Å²) in [5.74, 6) is -2.18. The van der Waals surface area contributed by atoms with Crippen molar-refractivity contribution in [2.45, 2.75) is 24.3 Å². The smallest absolute Gasteiger partial charge is 0.264 e. The number of anilines is 2. The number of fused-ring (bicyclic) bond motifs is 1. The first kappa shape index (κ1) is 20.0. The maximum atomic E-state index is 13.8. The van der Waals surface area contributed by atoms with E-state index in [2.05, 4.69) is 5.32 Å². The average Bonchev–Trinajstić information content (AvgIpc) is 3.06. The fourth-order valence-corrected chi connectivity index (χ4v) is 5.32. The third kappa shape index (κ3) is 3.54. The van der Waals surface area contributed by atoms with Crippen LogP contribution in [0.3, 0.4) is 0 Å². The lowest BCUT2D eigenvalue weighted by Crippen LogP contribution is -2.35. The molecule has 1 heterocycles. The normalized spacial score (nSPS) is 15.7. The Kier molecular flexibility index (Phi) is 5.03. The quantitative estimate of drug-likeness (QED) is 0.672. The fourth-order valence-electron chi connectivity index (χ4n) is 3.60. The number of rotatable bonds is 4. The highest BCUT2D eigenvalue weighted by Gasteiger charge is 2.36. The van der Waals surface area contributed by atoms with Crippen molar-refractivity contribution in [2.24, 2.45) is 0 Å². The van der Waals surface area contributed by atoms with Gasteiger partial charge in [-0.2, -0.15) is 0 Å². The van der Waals surface area contributed by atoms with E-state index in [1.54, 1.807) is 49.4 Å². The lowest BCUT2D eigenvalue weighted by Gasteiger charge is -2.24. The van der Waals surface area contributed by atoms with Crippen LogP contribution in [0.1, 0.15) is 22.8 Å². The van der Waals surface area contributed by atoms with Gasteiger partial charge < -0.3 is 5.32 Å². The monoisotopic (exact) mass is 428 g/mol. The number of carbonyl (C=O) groups is 1. The van der Waals surface area contributed by atoms with Gasteiger partial charge >= 0.3 is 0 Å². The van der Waals surface area contributed by atoms with Crippen molar-refractivity contribution in [3.05, 3.63) is 89.5 Å². The van der Waals surface area contributed by atoms with Gasteiger partial charge in [0.2, 0.25) is 0 Å². The lowest BCUT2D eigenvalue weighted by molar-refractivity contribution is 0.102. The van der Waals surface area contributed by atoms with Gasteiger partial charge in [0.25, 0.3) is 15.9 Å². The van der Waals surface area contributed by atoms with Crippen molar-refractivity contribution in [2.75, 3.05) is 9.62 Å². The van der Waals surface area contributed by atoms with Crippen molar-refractivity contribution in [1.82, 2.24) is 0 Å². The Morgan fingerprint density at radius 1 is 1.03 bits per heavy atom. The molecular formula is C22H18F2N2O3S. The predicted molar refractivity (Wildman–Crippen MR) is 110 cm³/mol. The Labute approximate surface area is 173 Å². The number of sulfonamides is 1. The van der Waals surface area contributed by atoms with Crippen LogP contribution in [0.5, 0.6) is 0 Å². The number of amides is 1. The molecule has 1 amide bonds. The molecule has 1 aliphatic rings. The van der Waals surface area contributed by atoms with E-state index >= 15 is 0 Å². The van der Waals surface area contributed by atoms with Crippen LogP contribution in [0.15, 0.2) is 71.6 Å². The number of benzene rings is 3. The molecule has 154 valence electrons. The molecule has 5 nitrogen and oxygen atoms in total. The zero-order valence-electron chi connectivity index (χ0n) is 16.0. The van der Waals surface area contributed by atoms with Crippen molar-refractivity contribution in [3.63, 3.8) is 0 Å². The second kappa shape index (κ2) is 7.53. The standard InChI is InChI=1S/C22H18F2N2O3S/c1-14-11-16-12-15(22(27)25-20-9-8-17(23)13-19(20)24)7-10-21(16)26(14)30(28,29)18-5-3-2-4-6-18/h2-10,12-14H,11H2,1H3,(H,25,27)/t14-/m1/s1. The van der Waals surface area contributed by atoms with Gasteiger partial charge in [0, 0.05) is 17.7 Å². The van der Waals surface area contributed by atoms with Crippen LogP contribution in [0.25, 0.3) is 0 Å². The molecule has 0 fully saturated rings.